The Morgan fingerprint density at radius 3 is 2.77 bits per heavy atom. The number of likely N-dealkylation sites (N-methyl/N-ethyl adjacent to an activating group) is 1. The Labute approximate surface area is 185 Å². The number of aryl methyl sites for hydroxylation is 1. The van der Waals surface area contributed by atoms with E-state index in [1.54, 1.807) is 12.1 Å². The summed E-state index contributed by atoms with van der Waals surface area (Å²) in [5.41, 5.74) is 2.24. The molecule has 0 aliphatic carbocycles. The van der Waals surface area contributed by atoms with Crippen LogP contribution in [0, 0.1) is 6.92 Å². The van der Waals surface area contributed by atoms with E-state index in [-0.39, 0.29) is 24.6 Å². The number of carbonyl (C=O) groups excluding carboxylic acids is 2. The van der Waals surface area contributed by atoms with Gasteiger partial charge in [-0.2, -0.15) is 0 Å². The molecule has 2 aromatic heterocycles. The molecule has 0 spiro atoms. The normalized spacial score (nSPS) is 11.1. The average Bonchev–Trinajstić information content (AvgIpc) is 3.11. The number of hydrogen-bond acceptors (Lipinski definition) is 5. The summed E-state index contributed by atoms with van der Waals surface area (Å²) in [6, 6.07) is 12.7. The van der Waals surface area contributed by atoms with E-state index in [0.29, 0.717) is 16.8 Å². The summed E-state index contributed by atoms with van der Waals surface area (Å²) >= 11 is 3.38. The highest BCUT2D eigenvalue weighted by atomic mass is 79.9. The highest BCUT2D eigenvalue weighted by molar-refractivity contribution is 9.10. The summed E-state index contributed by atoms with van der Waals surface area (Å²) in [7, 11) is 1.51. The number of para-hydroxylation sites is 1. The van der Waals surface area contributed by atoms with Gasteiger partial charge in [0, 0.05) is 22.6 Å². The zero-order chi connectivity index (χ0) is 22.1. The van der Waals surface area contributed by atoms with Gasteiger partial charge in [-0.15, -0.1) is 0 Å². The number of anilines is 1. The topological polar surface area (TPSA) is 97.4 Å². The molecule has 2 heterocycles. The first-order valence-corrected chi connectivity index (χ1v) is 10.3. The van der Waals surface area contributed by atoms with Gasteiger partial charge >= 0.3 is 0 Å². The van der Waals surface area contributed by atoms with Gasteiger partial charge in [-0.1, -0.05) is 28.1 Å². The third kappa shape index (κ3) is 4.22. The Morgan fingerprint density at radius 2 is 2.00 bits per heavy atom. The van der Waals surface area contributed by atoms with Gasteiger partial charge in [0.1, 0.15) is 17.6 Å². The molecule has 158 valence electrons. The van der Waals surface area contributed by atoms with Crippen LogP contribution in [-0.2, 0) is 16.1 Å². The Hall–Kier alpha value is -3.46. The number of aromatic nitrogens is 2. The summed E-state index contributed by atoms with van der Waals surface area (Å²) in [5.74, 6) is -0.735. The Bertz CT molecular complexity index is 1380. The van der Waals surface area contributed by atoms with Crippen LogP contribution in [0.25, 0.3) is 22.1 Å². The standard InChI is InChI=1S/C22H19BrN4O4/c1-13-9-14(23)7-8-16(13)25-18(28)10-26(2)19(29)11-27-12-24-20-15-5-3-4-6-17(15)31-21(20)22(27)30/h3-9,12H,10-11H2,1-2H3,(H,25,28). The molecule has 0 saturated carbocycles. The minimum absolute atomic E-state index is 0.0996. The number of fused-ring (bicyclic) bond motifs is 3. The number of hydrogen-bond donors (Lipinski definition) is 1. The Morgan fingerprint density at radius 1 is 1.23 bits per heavy atom. The maximum Gasteiger partial charge on any atom is 0.297 e. The zero-order valence-corrected chi connectivity index (χ0v) is 18.5. The Kier molecular flexibility index (Phi) is 5.60. The molecule has 0 aliphatic rings. The van der Waals surface area contributed by atoms with Crippen molar-refractivity contribution in [2.45, 2.75) is 13.5 Å². The number of nitrogens with zero attached hydrogens (tertiary/aromatic N) is 3. The van der Waals surface area contributed by atoms with Gasteiger partial charge in [0.05, 0.1) is 12.9 Å². The van der Waals surface area contributed by atoms with Crippen molar-refractivity contribution in [3.05, 3.63) is 69.2 Å². The van der Waals surface area contributed by atoms with E-state index in [2.05, 4.69) is 26.2 Å². The predicted molar refractivity (Wildman–Crippen MR) is 121 cm³/mol. The van der Waals surface area contributed by atoms with Crippen LogP contribution in [-0.4, -0.2) is 39.9 Å². The van der Waals surface area contributed by atoms with Crippen molar-refractivity contribution in [3.8, 4) is 0 Å². The SMILES string of the molecule is Cc1cc(Br)ccc1NC(=O)CN(C)C(=O)Cn1cnc2c(oc3ccccc32)c1=O. The van der Waals surface area contributed by atoms with Crippen LogP contribution in [0.1, 0.15) is 5.56 Å². The molecule has 0 fully saturated rings. The molecule has 0 radical (unpaired) electrons. The summed E-state index contributed by atoms with van der Waals surface area (Å²) in [5, 5.41) is 3.53. The molecular weight excluding hydrogens is 464 g/mol. The second kappa shape index (κ2) is 8.35. The van der Waals surface area contributed by atoms with E-state index in [1.807, 2.05) is 37.3 Å². The van der Waals surface area contributed by atoms with Crippen LogP contribution in [0.4, 0.5) is 5.69 Å². The maximum atomic E-state index is 12.8. The summed E-state index contributed by atoms with van der Waals surface area (Å²) in [6.07, 6.45) is 1.32. The van der Waals surface area contributed by atoms with E-state index < -0.39 is 11.5 Å². The third-order valence-electron chi connectivity index (χ3n) is 4.93. The minimum atomic E-state index is -0.446. The number of amides is 2. The Balaban J connectivity index is 1.46. The van der Waals surface area contributed by atoms with E-state index in [9.17, 15) is 14.4 Å². The average molecular weight is 483 g/mol. The van der Waals surface area contributed by atoms with Crippen LogP contribution in [0.2, 0.25) is 0 Å². The van der Waals surface area contributed by atoms with Gasteiger partial charge in [0.25, 0.3) is 5.56 Å². The van der Waals surface area contributed by atoms with Gasteiger partial charge in [-0.3, -0.25) is 19.0 Å². The molecule has 0 bridgehead atoms. The van der Waals surface area contributed by atoms with Crippen molar-refractivity contribution in [2.24, 2.45) is 0 Å². The van der Waals surface area contributed by atoms with Gasteiger partial charge < -0.3 is 14.6 Å². The lowest BCUT2D eigenvalue weighted by Gasteiger charge is -2.18. The van der Waals surface area contributed by atoms with Gasteiger partial charge in [-0.05, 0) is 42.8 Å². The zero-order valence-electron chi connectivity index (χ0n) is 16.9. The van der Waals surface area contributed by atoms with Crippen LogP contribution in [0.3, 0.4) is 0 Å². The number of furan rings is 1. The smallest absolute Gasteiger partial charge is 0.297 e. The molecule has 0 saturated heterocycles. The maximum absolute atomic E-state index is 12.8. The predicted octanol–water partition coefficient (Wildman–Crippen LogP) is 3.31. The number of halogens is 1. The number of nitrogens with one attached hydrogen (secondary N) is 1. The molecule has 4 aromatic rings. The van der Waals surface area contributed by atoms with Crippen molar-refractivity contribution in [1.29, 1.82) is 0 Å². The lowest BCUT2D eigenvalue weighted by Crippen LogP contribution is -2.38. The molecule has 1 N–H and O–H groups in total. The fourth-order valence-electron chi connectivity index (χ4n) is 3.26. The lowest BCUT2D eigenvalue weighted by molar-refractivity contribution is -0.133. The van der Waals surface area contributed by atoms with Crippen LogP contribution >= 0.6 is 15.9 Å². The van der Waals surface area contributed by atoms with E-state index >= 15 is 0 Å². The fourth-order valence-corrected chi connectivity index (χ4v) is 3.73. The molecular formula is C22H19BrN4O4. The van der Waals surface area contributed by atoms with Gasteiger partial charge in [-0.25, -0.2) is 4.98 Å². The molecule has 0 unspecified atom stereocenters. The first-order valence-electron chi connectivity index (χ1n) is 9.50. The van der Waals surface area contributed by atoms with Crippen LogP contribution in [0.5, 0.6) is 0 Å². The summed E-state index contributed by atoms with van der Waals surface area (Å²) in [4.78, 5) is 43.3. The summed E-state index contributed by atoms with van der Waals surface area (Å²) in [6.45, 7) is 1.48. The van der Waals surface area contributed by atoms with Crippen molar-refractivity contribution in [3.63, 3.8) is 0 Å². The van der Waals surface area contributed by atoms with Gasteiger partial charge in [0.15, 0.2) is 0 Å². The van der Waals surface area contributed by atoms with Crippen molar-refractivity contribution in [1.82, 2.24) is 14.5 Å². The number of rotatable bonds is 5. The van der Waals surface area contributed by atoms with Crippen molar-refractivity contribution in [2.75, 3.05) is 18.9 Å². The number of benzene rings is 2. The first-order chi connectivity index (χ1) is 14.8. The number of carbonyl (C=O) groups is 2. The molecule has 8 nitrogen and oxygen atoms in total. The first kappa shape index (κ1) is 20.8. The summed E-state index contributed by atoms with van der Waals surface area (Å²) < 4.78 is 7.72. The second-order valence-electron chi connectivity index (χ2n) is 7.21. The molecule has 0 aliphatic heterocycles. The molecule has 0 atom stereocenters. The van der Waals surface area contributed by atoms with Gasteiger partial charge in [0.2, 0.25) is 17.4 Å². The molecule has 2 aromatic carbocycles. The largest absolute Gasteiger partial charge is 0.448 e. The van der Waals surface area contributed by atoms with E-state index in [1.165, 1.54) is 22.8 Å². The third-order valence-corrected chi connectivity index (χ3v) is 5.42. The van der Waals surface area contributed by atoms with Crippen molar-refractivity contribution >= 4 is 55.5 Å². The second-order valence-corrected chi connectivity index (χ2v) is 8.13. The van der Waals surface area contributed by atoms with E-state index in [4.69, 9.17) is 4.42 Å². The highest BCUT2D eigenvalue weighted by Crippen LogP contribution is 2.24. The van der Waals surface area contributed by atoms with E-state index in [0.717, 1.165) is 15.4 Å². The van der Waals surface area contributed by atoms with Crippen LogP contribution in [0.15, 0.2) is 62.5 Å². The molecule has 4 rings (SSSR count). The molecule has 9 heteroatoms. The van der Waals surface area contributed by atoms with Crippen LogP contribution < -0.4 is 10.9 Å². The minimum Gasteiger partial charge on any atom is -0.448 e. The highest BCUT2D eigenvalue weighted by Gasteiger charge is 2.18. The van der Waals surface area contributed by atoms with Crippen molar-refractivity contribution < 1.29 is 14.0 Å². The molecule has 2 amide bonds. The lowest BCUT2D eigenvalue weighted by atomic mass is 10.2. The monoisotopic (exact) mass is 482 g/mol. The quantitative estimate of drug-likeness (QED) is 0.470. The molecule has 31 heavy (non-hydrogen) atoms. The fraction of sp³-hybridized carbons (Fsp3) is 0.182.